The number of carbonyl (C=O) groups is 1. The average Bonchev–Trinajstić information content (AvgIpc) is 2.18. The highest BCUT2D eigenvalue weighted by Gasteiger charge is 1.97. The Morgan fingerprint density at radius 1 is 1.50 bits per heavy atom. The van der Waals surface area contributed by atoms with Crippen molar-refractivity contribution in [2.75, 3.05) is 24.2 Å². The van der Waals surface area contributed by atoms with Crippen LogP contribution >= 0.6 is 0 Å². The number of carbonyl (C=O) groups excluding carboxylic acids is 1. The third-order valence-electron chi connectivity index (χ3n) is 1.60. The minimum absolute atomic E-state index is 0.291. The predicted molar refractivity (Wildman–Crippen MR) is 53.9 cm³/mol. The summed E-state index contributed by atoms with van der Waals surface area (Å²) in [4.78, 5) is 18.4. The van der Waals surface area contributed by atoms with E-state index in [1.807, 2.05) is 0 Å². The summed E-state index contributed by atoms with van der Waals surface area (Å²) >= 11 is 0. The van der Waals surface area contributed by atoms with Gasteiger partial charge >= 0.3 is 0 Å². The SMILES string of the molecule is CNc1cc(NCCC(N)=O)ncn1. The molecular formula is C8H13N5O. The van der Waals surface area contributed by atoms with Gasteiger partial charge in [0.15, 0.2) is 0 Å². The van der Waals surface area contributed by atoms with E-state index in [1.54, 1.807) is 13.1 Å². The summed E-state index contributed by atoms with van der Waals surface area (Å²) in [5.41, 5.74) is 4.99. The monoisotopic (exact) mass is 195 g/mol. The first-order chi connectivity index (χ1) is 6.72. The van der Waals surface area contributed by atoms with Gasteiger partial charge in [-0.1, -0.05) is 0 Å². The van der Waals surface area contributed by atoms with Crippen molar-refractivity contribution in [2.45, 2.75) is 6.42 Å². The summed E-state index contributed by atoms with van der Waals surface area (Å²) in [6, 6.07) is 1.75. The molecule has 0 aromatic carbocycles. The maximum absolute atomic E-state index is 10.4. The number of rotatable bonds is 5. The molecule has 1 aromatic rings. The van der Waals surface area contributed by atoms with Gasteiger partial charge in [-0.25, -0.2) is 9.97 Å². The number of hydrogen-bond donors (Lipinski definition) is 3. The molecule has 0 saturated heterocycles. The quantitative estimate of drug-likeness (QED) is 0.605. The first-order valence-corrected chi connectivity index (χ1v) is 4.24. The van der Waals surface area contributed by atoms with Crippen LogP contribution in [0, 0.1) is 0 Å². The van der Waals surface area contributed by atoms with Crippen molar-refractivity contribution in [2.24, 2.45) is 5.73 Å². The third-order valence-corrected chi connectivity index (χ3v) is 1.60. The van der Waals surface area contributed by atoms with Crippen LogP contribution in [0.2, 0.25) is 0 Å². The normalized spacial score (nSPS) is 9.50. The second kappa shape index (κ2) is 5.00. The van der Waals surface area contributed by atoms with Gasteiger partial charge in [0.05, 0.1) is 0 Å². The molecule has 0 fully saturated rings. The van der Waals surface area contributed by atoms with Crippen LogP contribution < -0.4 is 16.4 Å². The maximum Gasteiger partial charge on any atom is 0.219 e. The van der Waals surface area contributed by atoms with Crippen molar-refractivity contribution in [1.82, 2.24) is 9.97 Å². The maximum atomic E-state index is 10.4. The number of hydrogen-bond acceptors (Lipinski definition) is 5. The Hall–Kier alpha value is -1.85. The number of primary amides is 1. The van der Waals surface area contributed by atoms with E-state index in [2.05, 4.69) is 20.6 Å². The molecule has 1 heterocycles. The van der Waals surface area contributed by atoms with Crippen LogP contribution in [0.15, 0.2) is 12.4 Å². The van der Waals surface area contributed by atoms with E-state index in [0.717, 1.165) is 5.82 Å². The Morgan fingerprint density at radius 3 is 2.86 bits per heavy atom. The number of amides is 1. The lowest BCUT2D eigenvalue weighted by atomic mass is 10.4. The van der Waals surface area contributed by atoms with E-state index in [1.165, 1.54) is 6.33 Å². The summed E-state index contributed by atoms with van der Waals surface area (Å²) < 4.78 is 0. The highest BCUT2D eigenvalue weighted by atomic mass is 16.1. The van der Waals surface area contributed by atoms with Gasteiger partial charge in [-0.15, -0.1) is 0 Å². The van der Waals surface area contributed by atoms with Gasteiger partial charge in [0.2, 0.25) is 5.91 Å². The van der Waals surface area contributed by atoms with Crippen molar-refractivity contribution in [3.63, 3.8) is 0 Å². The van der Waals surface area contributed by atoms with Gasteiger partial charge in [0, 0.05) is 26.1 Å². The van der Waals surface area contributed by atoms with Gasteiger partial charge < -0.3 is 16.4 Å². The van der Waals surface area contributed by atoms with Crippen LogP contribution in [0.1, 0.15) is 6.42 Å². The molecule has 6 heteroatoms. The van der Waals surface area contributed by atoms with Crippen LogP contribution in [0.25, 0.3) is 0 Å². The van der Waals surface area contributed by atoms with Crippen LogP contribution in [0.3, 0.4) is 0 Å². The minimum atomic E-state index is -0.333. The fourth-order valence-corrected chi connectivity index (χ4v) is 0.904. The second-order valence-electron chi connectivity index (χ2n) is 2.68. The smallest absolute Gasteiger partial charge is 0.219 e. The summed E-state index contributed by atoms with van der Waals surface area (Å²) in [6.45, 7) is 0.482. The van der Waals surface area contributed by atoms with E-state index in [0.29, 0.717) is 18.8 Å². The van der Waals surface area contributed by atoms with Crippen molar-refractivity contribution >= 4 is 17.5 Å². The molecule has 1 rings (SSSR count). The molecule has 0 spiro atoms. The highest BCUT2D eigenvalue weighted by molar-refractivity contribution is 5.74. The fraction of sp³-hybridized carbons (Fsp3) is 0.375. The summed E-state index contributed by atoms with van der Waals surface area (Å²) in [6.07, 6.45) is 1.73. The van der Waals surface area contributed by atoms with Crippen molar-refractivity contribution in [3.05, 3.63) is 12.4 Å². The molecule has 0 aliphatic heterocycles. The van der Waals surface area contributed by atoms with E-state index in [9.17, 15) is 4.79 Å². The summed E-state index contributed by atoms with van der Waals surface area (Å²) in [5, 5.41) is 5.84. The minimum Gasteiger partial charge on any atom is -0.373 e. The second-order valence-corrected chi connectivity index (χ2v) is 2.68. The summed E-state index contributed by atoms with van der Waals surface area (Å²) in [7, 11) is 1.77. The van der Waals surface area contributed by atoms with Crippen molar-refractivity contribution in [1.29, 1.82) is 0 Å². The van der Waals surface area contributed by atoms with Gasteiger partial charge in [0.1, 0.15) is 18.0 Å². The lowest BCUT2D eigenvalue weighted by Gasteiger charge is -2.04. The van der Waals surface area contributed by atoms with Gasteiger partial charge in [-0.3, -0.25) is 4.79 Å². The molecule has 0 bridgehead atoms. The van der Waals surface area contributed by atoms with Crippen molar-refractivity contribution < 1.29 is 4.79 Å². The molecule has 0 aliphatic carbocycles. The van der Waals surface area contributed by atoms with E-state index >= 15 is 0 Å². The molecule has 76 valence electrons. The summed E-state index contributed by atoms with van der Waals surface area (Å²) in [5.74, 6) is 1.06. The zero-order valence-corrected chi connectivity index (χ0v) is 7.95. The van der Waals surface area contributed by atoms with Crippen LogP contribution in [0.4, 0.5) is 11.6 Å². The molecule has 1 amide bonds. The molecule has 6 nitrogen and oxygen atoms in total. The topological polar surface area (TPSA) is 92.9 Å². The number of anilines is 2. The van der Waals surface area contributed by atoms with E-state index in [4.69, 9.17) is 5.73 Å². The Morgan fingerprint density at radius 2 is 2.21 bits per heavy atom. The zero-order chi connectivity index (χ0) is 10.4. The number of aromatic nitrogens is 2. The molecule has 0 radical (unpaired) electrons. The van der Waals surface area contributed by atoms with Gasteiger partial charge in [-0.2, -0.15) is 0 Å². The van der Waals surface area contributed by atoms with Crippen LogP contribution in [0.5, 0.6) is 0 Å². The third kappa shape index (κ3) is 3.26. The highest BCUT2D eigenvalue weighted by Crippen LogP contribution is 2.06. The van der Waals surface area contributed by atoms with Crippen LogP contribution in [-0.4, -0.2) is 29.5 Å². The molecule has 0 aliphatic rings. The van der Waals surface area contributed by atoms with E-state index < -0.39 is 0 Å². The predicted octanol–water partition coefficient (Wildman–Crippen LogP) is -0.194. The Balaban J connectivity index is 2.46. The molecule has 0 atom stereocenters. The Labute approximate surface area is 81.9 Å². The molecule has 1 aromatic heterocycles. The van der Waals surface area contributed by atoms with Crippen LogP contribution in [-0.2, 0) is 4.79 Å². The first kappa shape index (κ1) is 10.2. The van der Waals surface area contributed by atoms with E-state index in [-0.39, 0.29) is 5.91 Å². The first-order valence-electron chi connectivity index (χ1n) is 4.24. The molecule has 0 unspecified atom stereocenters. The average molecular weight is 195 g/mol. The molecule has 14 heavy (non-hydrogen) atoms. The van der Waals surface area contributed by atoms with Gasteiger partial charge in [0.25, 0.3) is 0 Å². The Bertz CT molecular complexity index is 314. The lowest BCUT2D eigenvalue weighted by Crippen LogP contribution is -2.16. The fourth-order valence-electron chi connectivity index (χ4n) is 0.904. The van der Waals surface area contributed by atoms with Crippen molar-refractivity contribution in [3.8, 4) is 0 Å². The molecule has 0 saturated carbocycles. The standard InChI is InChI=1S/C8H13N5O/c1-10-7-4-8(13-5-12-7)11-3-2-6(9)14/h4-5H,2-3H2,1H3,(H2,9,14)(H2,10,11,12,13). The Kier molecular flexibility index (Phi) is 3.66. The number of nitrogens with two attached hydrogens (primary N) is 1. The zero-order valence-electron chi connectivity index (χ0n) is 7.95. The molecular weight excluding hydrogens is 182 g/mol. The van der Waals surface area contributed by atoms with Gasteiger partial charge in [-0.05, 0) is 0 Å². The number of nitrogens with zero attached hydrogens (tertiary/aromatic N) is 2. The number of nitrogens with one attached hydrogen (secondary N) is 2. The lowest BCUT2D eigenvalue weighted by molar-refractivity contribution is -0.117. The largest absolute Gasteiger partial charge is 0.373 e. The molecule has 4 N–H and O–H groups in total.